The molecule has 0 unspecified atom stereocenters. The van der Waals surface area contributed by atoms with Crippen molar-refractivity contribution in [1.82, 2.24) is 0 Å². The zero-order valence-electron chi connectivity index (χ0n) is 11.9. The van der Waals surface area contributed by atoms with Gasteiger partial charge >= 0.3 is 5.97 Å². The van der Waals surface area contributed by atoms with Gasteiger partial charge in [-0.2, -0.15) is 0 Å². The summed E-state index contributed by atoms with van der Waals surface area (Å²) in [5.41, 5.74) is 1.04. The van der Waals surface area contributed by atoms with Gasteiger partial charge in [-0.05, 0) is 51.8 Å². The fourth-order valence-electron chi connectivity index (χ4n) is 2.08. The molecule has 0 spiro atoms. The number of ether oxygens (including phenoxy) is 1. The smallest absolute Gasteiger partial charge is 0.363 e. The summed E-state index contributed by atoms with van der Waals surface area (Å²) < 4.78 is 5.92. The van der Waals surface area contributed by atoms with Crippen molar-refractivity contribution in [2.75, 3.05) is 0 Å². The monoisotopic (exact) mass is 406 g/mol. The van der Waals surface area contributed by atoms with Gasteiger partial charge in [0.2, 0.25) is 5.90 Å². The second-order valence-electron chi connectivity index (χ2n) is 4.78. The SMILES string of the molecule is O=C1OC(c2ccccc2Br)=NC1=Cc1ccc([N+](=O)[O-])c(Cl)c1. The molecule has 0 amide bonds. The second-order valence-corrected chi connectivity index (χ2v) is 6.05. The average Bonchev–Trinajstić information content (AvgIpc) is 2.88. The van der Waals surface area contributed by atoms with Gasteiger partial charge in [0.25, 0.3) is 5.69 Å². The maximum absolute atomic E-state index is 12.0. The van der Waals surface area contributed by atoms with E-state index in [-0.39, 0.29) is 22.3 Å². The Morgan fingerprint density at radius 3 is 2.67 bits per heavy atom. The van der Waals surface area contributed by atoms with E-state index >= 15 is 0 Å². The van der Waals surface area contributed by atoms with E-state index < -0.39 is 10.9 Å². The molecule has 24 heavy (non-hydrogen) atoms. The van der Waals surface area contributed by atoms with Crippen LogP contribution in [0.3, 0.4) is 0 Å². The van der Waals surface area contributed by atoms with Gasteiger partial charge in [0, 0.05) is 10.5 Å². The van der Waals surface area contributed by atoms with E-state index in [0.717, 1.165) is 4.47 Å². The van der Waals surface area contributed by atoms with Gasteiger partial charge < -0.3 is 4.74 Å². The van der Waals surface area contributed by atoms with Crippen LogP contribution in [-0.4, -0.2) is 16.8 Å². The first-order chi connectivity index (χ1) is 11.5. The molecular formula is C16H8BrClN2O4. The molecule has 0 saturated carbocycles. The fourth-order valence-corrected chi connectivity index (χ4v) is 2.79. The van der Waals surface area contributed by atoms with Crippen LogP contribution < -0.4 is 0 Å². The lowest BCUT2D eigenvalue weighted by molar-refractivity contribution is -0.384. The summed E-state index contributed by atoms with van der Waals surface area (Å²) in [7, 11) is 0. The van der Waals surface area contributed by atoms with Crippen LogP contribution in [0.25, 0.3) is 6.08 Å². The highest BCUT2D eigenvalue weighted by atomic mass is 79.9. The van der Waals surface area contributed by atoms with Crippen LogP contribution in [0.5, 0.6) is 0 Å². The predicted octanol–water partition coefficient (Wildman–Crippen LogP) is 4.36. The molecule has 0 fully saturated rings. The zero-order valence-corrected chi connectivity index (χ0v) is 14.2. The van der Waals surface area contributed by atoms with E-state index in [9.17, 15) is 14.9 Å². The molecule has 3 rings (SSSR count). The van der Waals surface area contributed by atoms with E-state index in [4.69, 9.17) is 16.3 Å². The molecule has 0 radical (unpaired) electrons. The number of esters is 1. The first kappa shape index (κ1) is 16.4. The summed E-state index contributed by atoms with van der Waals surface area (Å²) in [6.45, 7) is 0. The van der Waals surface area contributed by atoms with Gasteiger partial charge in [-0.25, -0.2) is 9.79 Å². The van der Waals surface area contributed by atoms with Crippen molar-refractivity contribution < 1.29 is 14.5 Å². The predicted molar refractivity (Wildman–Crippen MR) is 92.9 cm³/mol. The Labute approximate surface area is 149 Å². The highest BCUT2D eigenvalue weighted by molar-refractivity contribution is 9.10. The minimum Gasteiger partial charge on any atom is -0.402 e. The fraction of sp³-hybridized carbons (Fsp3) is 0. The molecule has 0 atom stereocenters. The largest absolute Gasteiger partial charge is 0.402 e. The number of carbonyl (C=O) groups excluding carboxylic acids is 1. The minimum absolute atomic E-state index is 0.0179. The Morgan fingerprint density at radius 2 is 2.00 bits per heavy atom. The van der Waals surface area contributed by atoms with Crippen molar-refractivity contribution >= 4 is 51.2 Å². The van der Waals surface area contributed by atoms with Crippen molar-refractivity contribution in [3.63, 3.8) is 0 Å². The maximum Gasteiger partial charge on any atom is 0.363 e. The Morgan fingerprint density at radius 1 is 1.25 bits per heavy atom. The highest BCUT2D eigenvalue weighted by Gasteiger charge is 2.25. The van der Waals surface area contributed by atoms with Crippen LogP contribution in [0.1, 0.15) is 11.1 Å². The number of hydrogen-bond acceptors (Lipinski definition) is 5. The molecule has 120 valence electrons. The van der Waals surface area contributed by atoms with Gasteiger partial charge in [-0.15, -0.1) is 0 Å². The number of benzene rings is 2. The molecule has 2 aromatic carbocycles. The zero-order chi connectivity index (χ0) is 17.3. The Hall–Kier alpha value is -2.51. The minimum atomic E-state index is -0.602. The van der Waals surface area contributed by atoms with Crippen molar-refractivity contribution in [3.8, 4) is 0 Å². The molecule has 1 aliphatic rings. The van der Waals surface area contributed by atoms with Crippen LogP contribution in [0.2, 0.25) is 5.02 Å². The number of carbonyl (C=O) groups is 1. The maximum atomic E-state index is 12.0. The number of hydrogen-bond donors (Lipinski definition) is 0. The lowest BCUT2D eigenvalue weighted by atomic mass is 10.2. The standard InChI is InChI=1S/C16H8BrClN2O4/c17-11-4-2-1-3-10(11)15-19-13(16(21)24-15)8-9-5-6-14(20(22)23)12(18)7-9/h1-8H. The third-order valence-corrected chi connectivity index (χ3v) is 4.19. The molecule has 0 N–H and O–H groups in total. The van der Waals surface area contributed by atoms with Crippen LogP contribution in [0.15, 0.2) is 57.6 Å². The first-order valence-electron chi connectivity index (χ1n) is 6.67. The van der Waals surface area contributed by atoms with Crippen molar-refractivity contribution in [1.29, 1.82) is 0 Å². The van der Waals surface area contributed by atoms with Gasteiger partial charge in [0.1, 0.15) is 5.02 Å². The third kappa shape index (κ3) is 3.22. The van der Waals surface area contributed by atoms with Gasteiger partial charge in [0.05, 0.1) is 10.5 Å². The second kappa shape index (κ2) is 6.54. The Kier molecular flexibility index (Phi) is 4.46. The van der Waals surface area contributed by atoms with E-state index in [1.807, 2.05) is 12.1 Å². The molecular weight excluding hydrogens is 400 g/mol. The molecule has 6 nitrogen and oxygen atoms in total. The number of aliphatic imine (C=N–C) groups is 1. The van der Waals surface area contributed by atoms with Crippen molar-refractivity contribution in [2.45, 2.75) is 0 Å². The number of halogens is 2. The number of cyclic esters (lactones) is 1. The molecule has 0 aromatic heterocycles. The molecule has 2 aromatic rings. The lowest BCUT2D eigenvalue weighted by Crippen LogP contribution is -2.05. The van der Waals surface area contributed by atoms with Gasteiger partial charge in [-0.3, -0.25) is 10.1 Å². The number of nitro groups is 1. The van der Waals surface area contributed by atoms with Crippen LogP contribution >= 0.6 is 27.5 Å². The van der Waals surface area contributed by atoms with E-state index in [1.54, 1.807) is 12.1 Å². The molecule has 8 heteroatoms. The van der Waals surface area contributed by atoms with E-state index in [1.165, 1.54) is 24.3 Å². The van der Waals surface area contributed by atoms with Gasteiger partial charge in [0.15, 0.2) is 5.70 Å². The molecule has 0 bridgehead atoms. The number of rotatable bonds is 3. The van der Waals surface area contributed by atoms with E-state index in [2.05, 4.69) is 20.9 Å². The van der Waals surface area contributed by atoms with Crippen LogP contribution in [0, 0.1) is 10.1 Å². The Bertz CT molecular complexity index is 924. The number of nitrogens with zero attached hydrogens (tertiary/aromatic N) is 2. The van der Waals surface area contributed by atoms with Gasteiger partial charge in [-0.1, -0.05) is 23.7 Å². The lowest BCUT2D eigenvalue weighted by Gasteiger charge is -2.01. The van der Waals surface area contributed by atoms with Crippen LogP contribution in [0.4, 0.5) is 5.69 Å². The molecule has 1 aliphatic heterocycles. The first-order valence-corrected chi connectivity index (χ1v) is 7.84. The van der Waals surface area contributed by atoms with E-state index in [0.29, 0.717) is 11.1 Å². The summed E-state index contributed by atoms with van der Waals surface area (Å²) >= 11 is 9.23. The normalized spacial score (nSPS) is 15.3. The molecule has 0 saturated heterocycles. The topological polar surface area (TPSA) is 81.8 Å². The van der Waals surface area contributed by atoms with Crippen molar-refractivity contribution in [3.05, 3.63) is 78.9 Å². The Balaban J connectivity index is 1.96. The van der Waals surface area contributed by atoms with Crippen LogP contribution in [-0.2, 0) is 9.53 Å². The third-order valence-electron chi connectivity index (χ3n) is 3.20. The quantitative estimate of drug-likeness (QED) is 0.328. The summed E-state index contributed by atoms with van der Waals surface area (Å²) in [6.07, 6.45) is 1.46. The summed E-state index contributed by atoms with van der Waals surface area (Å²) in [6, 6.07) is 11.4. The summed E-state index contributed by atoms with van der Waals surface area (Å²) in [5, 5.41) is 10.7. The summed E-state index contributed by atoms with van der Waals surface area (Å²) in [4.78, 5) is 26.3. The average molecular weight is 408 g/mol. The molecule has 1 heterocycles. The highest BCUT2D eigenvalue weighted by Crippen LogP contribution is 2.28. The van der Waals surface area contributed by atoms with Crippen molar-refractivity contribution in [2.24, 2.45) is 4.99 Å². The molecule has 0 aliphatic carbocycles. The summed E-state index contributed by atoms with van der Waals surface area (Å²) in [5.74, 6) is -0.415. The number of nitro benzene ring substituents is 1.